The van der Waals surface area contributed by atoms with Crippen LogP contribution in [-0.2, 0) is 11.3 Å². The lowest BCUT2D eigenvalue weighted by atomic mass is 10.1. The predicted octanol–water partition coefficient (Wildman–Crippen LogP) is 3.45. The monoisotopic (exact) mass is 354 g/mol. The summed E-state index contributed by atoms with van der Waals surface area (Å²) < 4.78 is 13.9. The van der Waals surface area contributed by atoms with Crippen LogP contribution in [0, 0.1) is 11.7 Å². The number of benzene rings is 1. The van der Waals surface area contributed by atoms with E-state index in [-0.39, 0.29) is 18.3 Å². The molecule has 4 nitrogen and oxygen atoms in total. The maximum atomic E-state index is 12.9. The summed E-state index contributed by atoms with van der Waals surface area (Å²) in [6, 6.07) is 8.10. The van der Waals surface area contributed by atoms with Gasteiger partial charge >= 0.3 is 0 Å². The highest BCUT2D eigenvalue weighted by Gasteiger charge is 2.21. The van der Waals surface area contributed by atoms with E-state index < -0.39 is 12.0 Å². The van der Waals surface area contributed by atoms with Crippen LogP contribution in [0.1, 0.15) is 19.4 Å². The second kappa shape index (κ2) is 7.92. The van der Waals surface area contributed by atoms with Crippen LogP contribution < -0.4 is 11.1 Å². The molecular formula is C16H19FN2O2S2. The van der Waals surface area contributed by atoms with E-state index in [1.807, 2.05) is 6.07 Å². The van der Waals surface area contributed by atoms with Gasteiger partial charge < -0.3 is 16.2 Å². The van der Waals surface area contributed by atoms with Crippen molar-refractivity contribution >= 4 is 34.0 Å². The van der Waals surface area contributed by atoms with Gasteiger partial charge in [-0.05, 0) is 36.2 Å². The third-order valence-electron chi connectivity index (χ3n) is 3.18. The van der Waals surface area contributed by atoms with E-state index in [1.165, 1.54) is 35.2 Å². The fourth-order valence-corrected chi connectivity index (χ4v) is 4.06. The quantitative estimate of drug-likeness (QED) is 0.743. The summed E-state index contributed by atoms with van der Waals surface area (Å²) in [5.74, 6) is -0.877. The van der Waals surface area contributed by atoms with Gasteiger partial charge in [0.05, 0.1) is 4.21 Å². The second-order valence-corrected chi connectivity index (χ2v) is 7.78. The van der Waals surface area contributed by atoms with Crippen molar-refractivity contribution in [3.63, 3.8) is 0 Å². The molecule has 0 radical (unpaired) electrons. The number of nitrogens with two attached hydrogens (primary N) is 1. The second-order valence-electron chi connectivity index (χ2n) is 5.36. The van der Waals surface area contributed by atoms with Gasteiger partial charge in [0.1, 0.15) is 16.9 Å². The van der Waals surface area contributed by atoms with Crippen LogP contribution in [-0.4, -0.2) is 17.1 Å². The number of thiophene rings is 1. The van der Waals surface area contributed by atoms with Crippen LogP contribution in [0.25, 0.3) is 0 Å². The highest BCUT2D eigenvalue weighted by molar-refractivity contribution is 8.01. The third-order valence-corrected chi connectivity index (χ3v) is 5.39. The number of hydrogen-bond donors (Lipinski definition) is 3. The van der Waals surface area contributed by atoms with E-state index in [2.05, 4.69) is 5.32 Å². The topological polar surface area (TPSA) is 75.3 Å². The minimum absolute atomic E-state index is 0.163. The Balaban J connectivity index is 2.14. The number of nitrogens with one attached hydrogen (secondary N) is 1. The molecule has 1 unspecified atom stereocenters. The molecule has 1 atom stereocenters. The average molecular weight is 354 g/mol. The molecule has 0 saturated heterocycles. The van der Waals surface area contributed by atoms with Crippen LogP contribution >= 0.6 is 23.1 Å². The zero-order chi connectivity index (χ0) is 17.0. The summed E-state index contributed by atoms with van der Waals surface area (Å²) in [6.07, 6.45) is -1.06. The Hall–Kier alpha value is -1.41. The van der Waals surface area contributed by atoms with E-state index in [0.717, 1.165) is 14.7 Å². The number of aliphatic hydroxyl groups is 1. The van der Waals surface area contributed by atoms with Crippen molar-refractivity contribution in [3.8, 4) is 0 Å². The molecule has 1 heterocycles. The summed E-state index contributed by atoms with van der Waals surface area (Å²) in [7, 11) is 0. The maximum absolute atomic E-state index is 12.9. The molecule has 0 aliphatic heterocycles. The van der Waals surface area contributed by atoms with E-state index in [4.69, 9.17) is 5.73 Å². The summed E-state index contributed by atoms with van der Waals surface area (Å²) in [5.41, 5.74) is 6.53. The predicted molar refractivity (Wildman–Crippen MR) is 92.2 cm³/mol. The Morgan fingerprint density at radius 1 is 1.39 bits per heavy atom. The summed E-state index contributed by atoms with van der Waals surface area (Å²) in [4.78, 5) is 12.9. The molecule has 1 aromatic carbocycles. The normalized spacial score (nSPS) is 12.4. The van der Waals surface area contributed by atoms with E-state index in [1.54, 1.807) is 26.0 Å². The van der Waals surface area contributed by atoms with E-state index in [9.17, 15) is 14.3 Å². The van der Waals surface area contributed by atoms with Crippen molar-refractivity contribution in [1.82, 2.24) is 0 Å². The first-order valence-electron chi connectivity index (χ1n) is 7.16. The van der Waals surface area contributed by atoms with Crippen molar-refractivity contribution in [2.45, 2.75) is 35.6 Å². The van der Waals surface area contributed by atoms with Gasteiger partial charge in [0.2, 0.25) is 0 Å². The molecule has 1 aromatic heterocycles. The van der Waals surface area contributed by atoms with Gasteiger partial charge in [0.25, 0.3) is 5.91 Å². The Morgan fingerprint density at radius 3 is 2.61 bits per heavy atom. The molecule has 0 aliphatic carbocycles. The summed E-state index contributed by atoms with van der Waals surface area (Å²) >= 11 is 2.86. The van der Waals surface area contributed by atoms with Crippen molar-refractivity contribution in [3.05, 3.63) is 41.7 Å². The van der Waals surface area contributed by atoms with Gasteiger partial charge in [-0.15, -0.1) is 11.3 Å². The van der Waals surface area contributed by atoms with Crippen molar-refractivity contribution < 1.29 is 14.3 Å². The van der Waals surface area contributed by atoms with Crippen molar-refractivity contribution in [1.29, 1.82) is 0 Å². The zero-order valence-corrected chi connectivity index (χ0v) is 14.5. The smallest absolute Gasteiger partial charge is 0.254 e. The molecule has 4 N–H and O–H groups in total. The van der Waals surface area contributed by atoms with Crippen molar-refractivity contribution in [2.75, 3.05) is 5.32 Å². The van der Waals surface area contributed by atoms with E-state index in [0.29, 0.717) is 5.00 Å². The lowest BCUT2D eigenvalue weighted by Gasteiger charge is -2.14. The fourth-order valence-electron chi connectivity index (χ4n) is 1.82. The Morgan fingerprint density at radius 2 is 2.04 bits per heavy atom. The number of hydrogen-bond acceptors (Lipinski definition) is 5. The first-order valence-corrected chi connectivity index (χ1v) is 8.79. The van der Waals surface area contributed by atoms with Crippen LogP contribution in [0.2, 0.25) is 0 Å². The number of carbonyl (C=O) groups is 1. The molecule has 7 heteroatoms. The molecule has 124 valence electrons. The third kappa shape index (κ3) is 4.78. The molecule has 0 fully saturated rings. The largest absolute Gasteiger partial charge is 0.383 e. The van der Waals surface area contributed by atoms with Gasteiger partial charge in [-0.25, -0.2) is 4.39 Å². The number of halogens is 1. The molecule has 23 heavy (non-hydrogen) atoms. The molecule has 0 saturated carbocycles. The van der Waals surface area contributed by atoms with Crippen LogP contribution in [0.5, 0.6) is 0 Å². The SMILES string of the molecule is CC(C)C(O)C(=O)Nc1sc(Sc2ccc(F)cc2)cc1CN. The Labute approximate surface area is 142 Å². The number of anilines is 1. The minimum Gasteiger partial charge on any atom is -0.383 e. The first-order chi connectivity index (χ1) is 10.9. The van der Waals surface area contributed by atoms with Crippen LogP contribution in [0.15, 0.2) is 39.4 Å². The first kappa shape index (κ1) is 17.9. The Bertz CT molecular complexity index is 671. The molecule has 2 aromatic rings. The summed E-state index contributed by atoms with van der Waals surface area (Å²) in [6.45, 7) is 3.84. The molecule has 0 aliphatic rings. The molecule has 2 rings (SSSR count). The highest BCUT2D eigenvalue weighted by atomic mass is 32.2. The Kier molecular flexibility index (Phi) is 6.17. The van der Waals surface area contributed by atoms with Crippen molar-refractivity contribution in [2.24, 2.45) is 11.7 Å². The maximum Gasteiger partial charge on any atom is 0.254 e. The van der Waals surface area contributed by atoms with Gasteiger partial charge in [-0.1, -0.05) is 25.6 Å². The average Bonchev–Trinajstić information content (AvgIpc) is 2.90. The van der Waals surface area contributed by atoms with Gasteiger partial charge in [0, 0.05) is 17.0 Å². The molecular weight excluding hydrogens is 335 g/mol. The molecule has 0 bridgehead atoms. The van der Waals surface area contributed by atoms with Gasteiger partial charge in [-0.2, -0.15) is 0 Å². The molecule has 1 amide bonds. The van der Waals surface area contributed by atoms with Crippen LogP contribution in [0.3, 0.4) is 0 Å². The fraction of sp³-hybridized carbons (Fsp3) is 0.312. The van der Waals surface area contributed by atoms with Crippen LogP contribution in [0.4, 0.5) is 9.39 Å². The van der Waals surface area contributed by atoms with E-state index >= 15 is 0 Å². The number of amides is 1. The number of rotatable bonds is 6. The summed E-state index contributed by atoms with van der Waals surface area (Å²) in [5, 5.41) is 13.2. The lowest BCUT2D eigenvalue weighted by molar-refractivity contribution is -0.125. The molecule has 0 spiro atoms. The standard InChI is InChI=1S/C16H19FN2O2S2/c1-9(2)14(20)15(21)19-16-10(8-18)7-13(23-16)22-12-5-3-11(17)4-6-12/h3-7,9,14,20H,8,18H2,1-2H3,(H,19,21). The highest BCUT2D eigenvalue weighted by Crippen LogP contribution is 2.38. The van der Waals surface area contributed by atoms with Gasteiger partial charge in [-0.3, -0.25) is 4.79 Å². The lowest BCUT2D eigenvalue weighted by Crippen LogP contribution is -2.31. The zero-order valence-electron chi connectivity index (χ0n) is 12.9. The van der Waals surface area contributed by atoms with Gasteiger partial charge in [0.15, 0.2) is 0 Å². The minimum atomic E-state index is -1.06. The number of carbonyl (C=O) groups excluding carboxylic acids is 1. The number of aliphatic hydroxyl groups excluding tert-OH is 1.